The molecule has 1 aromatic rings. The number of ether oxygens (including phenoxy) is 2. The minimum atomic E-state index is -0.905. The number of nitriles is 2. The molecule has 0 bridgehead atoms. The average molecular weight is 341 g/mol. The molecule has 0 radical (unpaired) electrons. The van der Waals surface area contributed by atoms with Gasteiger partial charge in [-0.15, -0.1) is 0 Å². The number of esters is 1. The van der Waals surface area contributed by atoms with Crippen molar-refractivity contribution in [1.82, 2.24) is 5.32 Å². The minimum Gasteiger partial charge on any atom is -0.479 e. The summed E-state index contributed by atoms with van der Waals surface area (Å²) in [6, 6.07) is 10.4. The van der Waals surface area contributed by atoms with Crippen LogP contribution in [0.15, 0.2) is 24.3 Å². The van der Waals surface area contributed by atoms with E-state index in [4.69, 9.17) is 14.7 Å². The highest BCUT2D eigenvalue weighted by Crippen LogP contribution is 2.28. The first-order valence-electron chi connectivity index (χ1n) is 8.04. The van der Waals surface area contributed by atoms with Crippen molar-refractivity contribution in [2.75, 3.05) is 6.61 Å². The first kappa shape index (κ1) is 18.3. The number of nitrogens with zero attached hydrogens (tertiary/aromatic N) is 2. The minimum absolute atomic E-state index is 0.419. The van der Waals surface area contributed by atoms with Gasteiger partial charge in [0.05, 0.1) is 17.7 Å². The summed E-state index contributed by atoms with van der Waals surface area (Å²) < 4.78 is 10.4. The number of hydrogen-bond acceptors (Lipinski definition) is 6. The second-order valence-corrected chi connectivity index (χ2v) is 5.95. The first-order chi connectivity index (χ1) is 12.0. The number of benzene rings is 1. The summed E-state index contributed by atoms with van der Waals surface area (Å²) >= 11 is 0. The second kappa shape index (κ2) is 8.16. The van der Waals surface area contributed by atoms with Gasteiger partial charge in [-0.05, 0) is 56.9 Å². The molecule has 0 aromatic heterocycles. The first-order valence-corrected chi connectivity index (χ1v) is 8.04. The number of hydrogen-bond donors (Lipinski definition) is 1. The van der Waals surface area contributed by atoms with Crippen LogP contribution < -0.4 is 10.1 Å². The lowest BCUT2D eigenvalue weighted by atomic mass is 10.00. The maximum atomic E-state index is 11.9. The molecule has 7 heteroatoms. The molecule has 0 unspecified atom stereocenters. The predicted molar refractivity (Wildman–Crippen MR) is 87.2 cm³/mol. The standard InChI is InChI=1S/C18H19N3O4/c1-13(25-15-6-4-14(10-19)5-7-15)17(23)24-11-16(22)21-18(12-20)8-2-3-9-18/h4-7,13H,2-3,8-9,11H2,1H3,(H,21,22)/t13-/m0/s1. The summed E-state index contributed by atoms with van der Waals surface area (Å²) in [5.74, 6) is -0.762. The van der Waals surface area contributed by atoms with E-state index < -0.39 is 30.1 Å². The van der Waals surface area contributed by atoms with Gasteiger partial charge < -0.3 is 14.8 Å². The average Bonchev–Trinajstić information content (AvgIpc) is 3.09. The lowest BCUT2D eigenvalue weighted by molar-refractivity contribution is -0.155. The van der Waals surface area contributed by atoms with Crippen LogP contribution in [0.1, 0.15) is 38.2 Å². The zero-order valence-corrected chi connectivity index (χ0v) is 13.9. The summed E-state index contributed by atoms with van der Waals surface area (Å²) in [6.45, 7) is 1.05. The molecule has 1 fully saturated rings. The molecule has 1 aromatic carbocycles. The molecule has 130 valence electrons. The van der Waals surface area contributed by atoms with Gasteiger partial charge in [0.15, 0.2) is 12.7 Å². The molecule has 25 heavy (non-hydrogen) atoms. The van der Waals surface area contributed by atoms with Crippen molar-refractivity contribution >= 4 is 11.9 Å². The zero-order chi connectivity index (χ0) is 18.3. The van der Waals surface area contributed by atoms with Crippen molar-refractivity contribution in [3.8, 4) is 17.9 Å². The van der Waals surface area contributed by atoms with Crippen LogP contribution in [-0.2, 0) is 14.3 Å². The Kier molecular flexibility index (Phi) is 5.97. The molecular weight excluding hydrogens is 322 g/mol. The number of carbonyl (C=O) groups excluding carboxylic acids is 2. The molecule has 1 aliphatic carbocycles. The monoisotopic (exact) mass is 341 g/mol. The largest absolute Gasteiger partial charge is 0.479 e. The van der Waals surface area contributed by atoms with Gasteiger partial charge in [0.1, 0.15) is 11.3 Å². The Bertz CT molecular complexity index is 709. The van der Waals surface area contributed by atoms with Gasteiger partial charge in [0, 0.05) is 0 Å². The Morgan fingerprint density at radius 3 is 2.44 bits per heavy atom. The summed E-state index contributed by atoms with van der Waals surface area (Å²) in [7, 11) is 0. The van der Waals surface area contributed by atoms with Crippen molar-refractivity contribution in [1.29, 1.82) is 10.5 Å². The van der Waals surface area contributed by atoms with E-state index in [1.807, 2.05) is 6.07 Å². The van der Waals surface area contributed by atoms with Crippen molar-refractivity contribution in [3.05, 3.63) is 29.8 Å². The van der Waals surface area contributed by atoms with Crippen molar-refractivity contribution < 1.29 is 19.1 Å². The fourth-order valence-electron chi connectivity index (χ4n) is 2.66. The van der Waals surface area contributed by atoms with E-state index in [1.165, 1.54) is 6.92 Å². The van der Waals surface area contributed by atoms with Crippen LogP contribution in [0.2, 0.25) is 0 Å². The Hall–Kier alpha value is -3.06. The molecule has 0 heterocycles. The summed E-state index contributed by atoms with van der Waals surface area (Å²) in [4.78, 5) is 23.8. The summed E-state index contributed by atoms with van der Waals surface area (Å²) in [5, 5.41) is 20.6. The van der Waals surface area contributed by atoms with Crippen LogP contribution in [0.3, 0.4) is 0 Å². The van der Waals surface area contributed by atoms with Crippen LogP contribution in [0.4, 0.5) is 0 Å². The third kappa shape index (κ3) is 4.95. The van der Waals surface area contributed by atoms with Gasteiger partial charge in [-0.3, -0.25) is 4.79 Å². The maximum Gasteiger partial charge on any atom is 0.347 e. The molecule has 1 saturated carbocycles. The second-order valence-electron chi connectivity index (χ2n) is 5.95. The highest BCUT2D eigenvalue weighted by molar-refractivity contribution is 5.82. The van der Waals surface area contributed by atoms with E-state index in [1.54, 1.807) is 24.3 Å². The van der Waals surface area contributed by atoms with Gasteiger partial charge in [0.2, 0.25) is 0 Å². The lowest BCUT2D eigenvalue weighted by Gasteiger charge is -2.22. The van der Waals surface area contributed by atoms with Crippen LogP contribution >= 0.6 is 0 Å². The van der Waals surface area contributed by atoms with Gasteiger partial charge in [-0.25, -0.2) is 4.79 Å². The molecule has 2 rings (SSSR count). The number of nitrogens with one attached hydrogen (secondary N) is 1. The molecule has 1 N–H and O–H groups in total. The zero-order valence-electron chi connectivity index (χ0n) is 13.9. The van der Waals surface area contributed by atoms with Gasteiger partial charge >= 0.3 is 5.97 Å². The molecule has 1 atom stereocenters. The Morgan fingerprint density at radius 1 is 1.24 bits per heavy atom. The Labute approximate surface area is 146 Å². The highest BCUT2D eigenvalue weighted by Gasteiger charge is 2.35. The predicted octanol–water partition coefficient (Wildman–Crippen LogP) is 1.82. The maximum absolute atomic E-state index is 11.9. The van der Waals surface area contributed by atoms with Crippen LogP contribution in [0.25, 0.3) is 0 Å². The molecule has 0 spiro atoms. The molecule has 1 amide bonds. The highest BCUT2D eigenvalue weighted by atomic mass is 16.6. The van der Waals surface area contributed by atoms with Gasteiger partial charge in [0.25, 0.3) is 5.91 Å². The molecule has 7 nitrogen and oxygen atoms in total. The van der Waals surface area contributed by atoms with E-state index in [0.717, 1.165) is 12.8 Å². The van der Waals surface area contributed by atoms with E-state index in [9.17, 15) is 14.9 Å². The van der Waals surface area contributed by atoms with Crippen LogP contribution in [0, 0.1) is 22.7 Å². The van der Waals surface area contributed by atoms with Gasteiger partial charge in [-0.1, -0.05) is 0 Å². The summed E-state index contributed by atoms with van der Waals surface area (Å²) in [5.41, 5.74) is -0.355. The molecule has 1 aliphatic rings. The number of amides is 1. The Morgan fingerprint density at radius 2 is 1.88 bits per heavy atom. The van der Waals surface area contributed by atoms with Crippen molar-refractivity contribution in [2.24, 2.45) is 0 Å². The lowest BCUT2D eigenvalue weighted by Crippen LogP contribution is -2.47. The molecular formula is C18H19N3O4. The number of carbonyl (C=O) groups is 2. The van der Waals surface area contributed by atoms with Crippen LogP contribution in [-0.4, -0.2) is 30.1 Å². The third-order valence-corrected chi connectivity index (χ3v) is 4.02. The third-order valence-electron chi connectivity index (χ3n) is 4.02. The van der Waals surface area contributed by atoms with E-state index in [0.29, 0.717) is 24.2 Å². The fraction of sp³-hybridized carbons (Fsp3) is 0.444. The molecule has 0 aliphatic heterocycles. The van der Waals surface area contributed by atoms with Crippen molar-refractivity contribution in [3.63, 3.8) is 0 Å². The Balaban J connectivity index is 1.79. The number of rotatable bonds is 6. The quantitative estimate of drug-likeness (QED) is 0.790. The van der Waals surface area contributed by atoms with Crippen molar-refractivity contribution in [2.45, 2.75) is 44.2 Å². The van der Waals surface area contributed by atoms with Gasteiger partial charge in [-0.2, -0.15) is 10.5 Å². The topological polar surface area (TPSA) is 112 Å². The van der Waals surface area contributed by atoms with E-state index >= 15 is 0 Å². The van der Waals surface area contributed by atoms with Crippen LogP contribution in [0.5, 0.6) is 5.75 Å². The SMILES string of the molecule is C[C@H](Oc1ccc(C#N)cc1)C(=O)OCC(=O)NC1(C#N)CCCC1. The summed E-state index contributed by atoms with van der Waals surface area (Å²) in [6.07, 6.45) is 2.10. The van der Waals surface area contributed by atoms with E-state index in [2.05, 4.69) is 11.4 Å². The molecule has 0 saturated heterocycles. The normalized spacial score (nSPS) is 16.1. The fourth-order valence-corrected chi connectivity index (χ4v) is 2.66. The van der Waals surface area contributed by atoms with E-state index in [-0.39, 0.29) is 0 Å². The smallest absolute Gasteiger partial charge is 0.347 e.